The van der Waals surface area contributed by atoms with Gasteiger partial charge in [-0.15, -0.1) is 0 Å². The molecule has 0 spiro atoms. The first-order valence-corrected chi connectivity index (χ1v) is 8.63. The molecule has 6 heteroatoms. The van der Waals surface area contributed by atoms with Gasteiger partial charge in [-0.2, -0.15) is 0 Å². The van der Waals surface area contributed by atoms with Gasteiger partial charge in [0, 0.05) is 0 Å². The van der Waals surface area contributed by atoms with Crippen LogP contribution in [0, 0.1) is 5.92 Å². The van der Waals surface area contributed by atoms with E-state index in [0.717, 1.165) is 44.1 Å². The van der Waals surface area contributed by atoms with Crippen LogP contribution in [-0.2, 0) is 16.4 Å². The number of primary sulfonamides is 1. The van der Waals surface area contributed by atoms with Crippen molar-refractivity contribution in [2.45, 2.75) is 24.2 Å². The van der Waals surface area contributed by atoms with E-state index in [1.165, 1.54) is 12.8 Å². The van der Waals surface area contributed by atoms with Gasteiger partial charge in [-0.3, -0.25) is 0 Å². The van der Waals surface area contributed by atoms with Crippen LogP contribution in [0.5, 0.6) is 0 Å². The van der Waals surface area contributed by atoms with E-state index >= 15 is 0 Å². The van der Waals surface area contributed by atoms with Crippen LogP contribution in [0.3, 0.4) is 0 Å². The molecule has 4 N–H and O–H groups in total. The summed E-state index contributed by atoms with van der Waals surface area (Å²) in [6.07, 6.45) is 3.45. The number of benzene rings is 1. The topological polar surface area (TPSA) is 84.2 Å². The summed E-state index contributed by atoms with van der Waals surface area (Å²) in [5.41, 5.74) is 1.12. The molecule has 2 rings (SSSR count). The average molecular weight is 297 g/mol. The molecule has 1 saturated heterocycles. The largest absolute Gasteiger partial charge is 0.316 e. The Balaban J connectivity index is 1.71. The van der Waals surface area contributed by atoms with Crippen LogP contribution >= 0.6 is 0 Å². The molecule has 1 unspecified atom stereocenters. The third-order valence-corrected chi connectivity index (χ3v) is 4.60. The van der Waals surface area contributed by atoms with Crippen molar-refractivity contribution < 1.29 is 8.42 Å². The Hall–Kier alpha value is -0.950. The number of piperidine rings is 1. The number of nitrogens with two attached hydrogens (primary N) is 1. The molecule has 0 aliphatic carbocycles. The van der Waals surface area contributed by atoms with Gasteiger partial charge >= 0.3 is 0 Å². The molecule has 112 valence electrons. The van der Waals surface area contributed by atoms with E-state index in [1.54, 1.807) is 12.1 Å². The summed E-state index contributed by atoms with van der Waals surface area (Å²) in [7, 11) is -3.58. The minimum atomic E-state index is -3.58. The fraction of sp³-hybridized carbons (Fsp3) is 0.571. The van der Waals surface area contributed by atoms with Crippen LogP contribution in [-0.4, -0.2) is 34.6 Å². The highest BCUT2D eigenvalue weighted by atomic mass is 32.2. The molecule has 1 aromatic rings. The first-order valence-electron chi connectivity index (χ1n) is 7.09. The molecule has 1 atom stereocenters. The molecule has 1 aromatic carbocycles. The first kappa shape index (κ1) is 15.4. The zero-order chi connectivity index (χ0) is 14.4. The lowest BCUT2D eigenvalue weighted by Crippen LogP contribution is -2.36. The van der Waals surface area contributed by atoms with Crippen molar-refractivity contribution in [2.75, 3.05) is 26.2 Å². The lowest BCUT2D eigenvalue weighted by Gasteiger charge is -2.22. The molecule has 0 aromatic heterocycles. The van der Waals surface area contributed by atoms with Gasteiger partial charge in [-0.1, -0.05) is 12.1 Å². The SMILES string of the molecule is NS(=O)(=O)c1ccc(CCNCC2CCCNC2)cc1. The fourth-order valence-corrected chi connectivity index (χ4v) is 3.00. The fourth-order valence-electron chi connectivity index (χ4n) is 2.48. The third kappa shape index (κ3) is 4.86. The van der Waals surface area contributed by atoms with Crippen LogP contribution < -0.4 is 15.8 Å². The smallest absolute Gasteiger partial charge is 0.238 e. The van der Waals surface area contributed by atoms with E-state index < -0.39 is 10.0 Å². The molecule has 0 radical (unpaired) electrons. The van der Waals surface area contributed by atoms with Crippen molar-refractivity contribution in [3.63, 3.8) is 0 Å². The Bertz CT molecular complexity index is 508. The van der Waals surface area contributed by atoms with Crippen molar-refractivity contribution in [2.24, 2.45) is 11.1 Å². The van der Waals surface area contributed by atoms with Gasteiger partial charge in [0.25, 0.3) is 0 Å². The Morgan fingerprint density at radius 2 is 2.05 bits per heavy atom. The molecular formula is C14H23N3O2S. The Labute approximate surface area is 121 Å². The van der Waals surface area contributed by atoms with Crippen LogP contribution in [0.25, 0.3) is 0 Å². The standard InChI is InChI=1S/C14H23N3O2S/c15-20(18,19)14-5-3-12(4-6-14)7-9-17-11-13-2-1-8-16-10-13/h3-6,13,16-17H,1-2,7-11H2,(H2,15,18,19). The quantitative estimate of drug-likeness (QED) is 0.666. The van der Waals surface area contributed by atoms with Crippen molar-refractivity contribution in [3.05, 3.63) is 29.8 Å². The number of hydrogen-bond acceptors (Lipinski definition) is 4. The number of sulfonamides is 1. The monoisotopic (exact) mass is 297 g/mol. The molecule has 0 bridgehead atoms. The highest BCUT2D eigenvalue weighted by molar-refractivity contribution is 7.89. The normalized spacial score (nSPS) is 19.9. The summed E-state index contributed by atoms with van der Waals surface area (Å²) in [5.74, 6) is 0.730. The van der Waals surface area contributed by atoms with E-state index in [-0.39, 0.29) is 4.90 Å². The maximum absolute atomic E-state index is 11.1. The second-order valence-corrected chi connectivity index (χ2v) is 6.92. The second-order valence-electron chi connectivity index (χ2n) is 5.36. The highest BCUT2D eigenvalue weighted by Gasteiger charge is 2.11. The van der Waals surface area contributed by atoms with Crippen molar-refractivity contribution in [3.8, 4) is 0 Å². The highest BCUT2D eigenvalue weighted by Crippen LogP contribution is 2.10. The Morgan fingerprint density at radius 3 is 2.65 bits per heavy atom. The van der Waals surface area contributed by atoms with E-state index in [2.05, 4.69) is 10.6 Å². The summed E-state index contributed by atoms with van der Waals surface area (Å²) in [6.45, 7) is 4.20. The first-order chi connectivity index (χ1) is 9.55. The average Bonchev–Trinajstić information content (AvgIpc) is 2.44. The van der Waals surface area contributed by atoms with Gasteiger partial charge in [0.1, 0.15) is 0 Å². The molecule has 1 aliphatic heterocycles. The summed E-state index contributed by atoms with van der Waals surface area (Å²) in [4.78, 5) is 0.169. The van der Waals surface area contributed by atoms with Crippen LogP contribution in [0.2, 0.25) is 0 Å². The summed E-state index contributed by atoms with van der Waals surface area (Å²) in [5, 5.41) is 11.9. The molecule has 1 fully saturated rings. The second kappa shape index (κ2) is 7.17. The van der Waals surface area contributed by atoms with Crippen molar-refractivity contribution in [1.29, 1.82) is 0 Å². The number of hydrogen-bond donors (Lipinski definition) is 3. The van der Waals surface area contributed by atoms with E-state index in [9.17, 15) is 8.42 Å². The predicted molar refractivity (Wildman–Crippen MR) is 80.0 cm³/mol. The zero-order valence-electron chi connectivity index (χ0n) is 11.6. The van der Waals surface area contributed by atoms with Crippen LogP contribution in [0.15, 0.2) is 29.2 Å². The van der Waals surface area contributed by atoms with E-state index in [4.69, 9.17) is 5.14 Å². The number of nitrogens with one attached hydrogen (secondary N) is 2. The maximum Gasteiger partial charge on any atom is 0.238 e. The summed E-state index contributed by atoms with van der Waals surface area (Å²) >= 11 is 0. The Kier molecular flexibility index (Phi) is 5.54. The van der Waals surface area contributed by atoms with E-state index in [0.29, 0.717) is 0 Å². The zero-order valence-corrected chi connectivity index (χ0v) is 12.5. The molecule has 1 heterocycles. The van der Waals surface area contributed by atoms with Gasteiger partial charge in [0.05, 0.1) is 4.90 Å². The number of rotatable bonds is 6. The Morgan fingerprint density at radius 1 is 1.30 bits per heavy atom. The third-order valence-electron chi connectivity index (χ3n) is 3.67. The molecule has 5 nitrogen and oxygen atoms in total. The van der Waals surface area contributed by atoms with Gasteiger partial charge < -0.3 is 10.6 Å². The minimum Gasteiger partial charge on any atom is -0.316 e. The molecule has 0 amide bonds. The summed E-state index contributed by atoms with van der Waals surface area (Å²) < 4.78 is 22.3. The molecule has 20 heavy (non-hydrogen) atoms. The van der Waals surface area contributed by atoms with Gasteiger partial charge in [0.2, 0.25) is 10.0 Å². The molecular weight excluding hydrogens is 274 g/mol. The summed E-state index contributed by atoms with van der Waals surface area (Å²) in [6, 6.07) is 6.78. The minimum absolute atomic E-state index is 0.169. The van der Waals surface area contributed by atoms with E-state index in [1.807, 2.05) is 12.1 Å². The van der Waals surface area contributed by atoms with Gasteiger partial charge in [-0.05, 0) is 69.1 Å². The van der Waals surface area contributed by atoms with Crippen molar-refractivity contribution in [1.82, 2.24) is 10.6 Å². The van der Waals surface area contributed by atoms with Crippen LogP contribution in [0.4, 0.5) is 0 Å². The van der Waals surface area contributed by atoms with Gasteiger partial charge in [-0.25, -0.2) is 13.6 Å². The molecule has 0 saturated carbocycles. The predicted octanol–water partition coefficient (Wildman–Crippen LogP) is 0.466. The lowest BCUT2D eigenvalue weighted by atomic mass is 10.00. The molecule has 1 aliphatic rings. The van der Waals surface area contributed by atoms with Crippen LogP contribution in [0.1, 0.15) is 18.4 Å². The van der Waals surface area contributed by atoms with Gasteiger partial charge in [0.15, 0.2) is 0 Å². The van der Waals surface area contributed by atoms with Crippen molar-refractivity contribution >= 4 is 10.0 Å². The lowest BCUT2D eigenvalue weighted by molar-refractivity contribution is 0.361. The maximum atomic E-state index is 11.1.